The van der Waals surface area contributed by atoms with E-state index < -0.39 is 10.0 Å². The summed E-state index contributed by atoms with van der Waals surface area (Å²) in [7, 11) is -3.72. The highest BCUT2D eigenvalue weighted by atomic mass is 79.9. The second-order valence-corrected chi connectivity index (χ2v) is 6.93. The molecule has 2 N–H and O–H groups in total. The molecule has 0 bridgehead atoms. The minimum atomic E-state index is -3.72. The zero-order chi connectivity index (χ0) is 14.2. The van der Waals surface area contributed by atoms with Crippen molar-refractivity contribution in [3.05, 3.63) is 39.1 Å². The van der Waals surface area contributed by atoms with Gasteiger partial charge in [0.2, 0.25) is 0 Å². The summed E-state index contributed by atoms with van der Waals surface area (Å²) < 4.78 is 27.8. The minimum absolute atomic E-state index is 0.142. The molecule has 0 atom stereocenters. The Bertz CT molecular complexity index is 708. The van der Waals surface area contributed by atoms with Crippen LogP contribution in [0.5, 0.6) is 0 Å². The number of benzene rings is 1. The van der Waals surface area contributed by atoms with Gasteiger partial charge in [-0.3, -0.25) is 9.82 Å². The number of anilines is 1. The lowest BCUT2D eigenvalue weighted by molar-refractivity contribution is 0.600. The summed E-state index contributed by atoms with van der Waals surface area (Å²) >= 11 is 9.24. The number of halogens is 2. The molecule has 0 saturated carbocycles. The molecule has 8 heteroatoms. The average Bonchev–Trinajstić information content (AvgIpc) is 2.64. The van der Waals surface area contributed by atoms with E-state index in [1.807, 2.05) is 0 Å². The first-order valence-corrected chi connectivity index (χ1v) is 7.96. The number of hydrogen-bond donors (Lipinski definition) is 2. The maximum atomic E-state index is 12.3. The molecule has 0 radical (unpaired) electrons. The van der Waals surface area contributed by atoms with E-state index in [-0.39, 0.29) is 4.90 Å². The average molecular weight is 365 g/mol. The predicted molar refractivity (Wildman–Crippen MR) is 78.0 cm³/mol. The Labute approximate surface area is 124 Å². The first kappa shape index (κ1) is 14.4. The summed E-state index contributed by atoms with van der Waals surface area (Å²) in [6.45, 7) is 3.28. The zero-order valence-electron chi connectivity index (χ0n) is 10.2. The van der Waals surface area contributed by atoms with Crippen molar-refractivity contribution < 1.29 is 8.42 Å². The van der Waals surface area contributed by atoms with Crippen LogP contribution in [0.3, 0.4) is 0 Å². The Hall–Kier alpha value is -1.05. The van der Waals surface area contributed by atoms with Crippen LogP contribution in [-0.4, -0.2) is 18.6 Å². The Balaban J connectivity index is 2.45. The van der Waals surface area contributed by atoms with Crippen LogP contribution < -0.4 is 4.72 Å². The fraction of sp³-hybridized carbons (Fsp3) is 0.182. The molecule has 5 nitrogen and oxygen atoms in total. The van der Waals surface area contributed by atoms with Gasteiger partial charge in [0.25, 0.3) is 10.0 Å². The van der Waals surface area contributed by atoms with Gasteiger partial charge in [0.15, 0.2) is 0 Å². The molecule has 0 saturated heterocycles. The highest BCUT2D eigenvalue weighted by Crippen LogP contribution is 2.29. The summed E-state index contributed by atoms with van der Waals surface area (Å²) in [4.78, 5) is 0.142. The van der Waals surface area contributed by atoms with E-state index >= 15 is 0 Å². The summed E-state index contributed by atoms with van der Waals surface area (Å²) in [6.07, 6.45) is 0. The van der Waals surface area contributed by atoms with Crippen molar-refractivity contribution in [1.29, 1.82) is 0 Å². The Morgan fingerprint density at radius 2 is 2.05 bits per heavy atom. The van der Waals surface area contributed by atoms with Crippen molar-refractivity contribution in [3.8, 4) is 0 Å². The fourth-order valence-corrected chi connectivity index (χ4v) is 3.73. The highest BCUT2D eigenvalue weighted by Gasteiger charge is 2.23. The van der Waals surface area contributed by atoms with Gasteiger partial charge in [0.1, 0.15) is 4.90 Å². The number of aryl methyl sites for hydroxylation is 2. The van der Waals surface area contributed by atoms with Crippen molar-refractivity contribution >= 4 is 43.2 Å². The first-order valence-electron chi connectivity index (χ1n) is 5.30. The molecule has 1 aromatic carbocycles. The summed E-state index contributed by atoms with van der Waals surface area (Å²) in [6, 6.07) is 4.94. The first-order chi connectivity index (χ1) is 8.81. The molecular formula is C11H11BrClN3O2S. The topological polar surface area (TPSA) is 74.8 Å². The quantitative estimate of drug-likeness (QED) is 0.878. The van der Waals surface area contributed by atoms with Crippen LogP contribution in [0, 0.1) is 13.8 Å². The van der Waals surface area contributed by atoms with Gasteiger partial charge in [-0.1, -0.05) is 27.5 Å². The van der Waals surface area contributed by atoms with Gasteiger partial charge in [0.05, 0.1) is 22.1 Å². The van der Waals surface area contributed by atoms with E-state index in [0.717, 1.165) is 4.47 Å². The molecule has 0 amide bonds. The molecule has 1 aromatic heterocycles. The number of rotatable bonds is 3. The predicted octanol–water partition coefficient (Wildman–Crippen LogP) is 3.24. The van der Waals surface area contributed by atoms with Gasteiger partial charge < -0.3 is 0 Å². The van der Waals surface area contributed by atoms with Crippen LogP contribution in [0.1, 0.15) is 11.4 Å². The molecule has 2 rings (SSSR count). The van der Waals surface area contributed by atoms with Crippen molar-refractivity contribution in [2.75, 3.05) is 4.72 Å². The molecular weight excluding hydrogens is 354 g/mol. The maximum Gasteiger partial charge on any atom is 0.265 e. The van der Waals surface area contributed by atoms with E-state index in [4.69, 9.17) is 11.6 Å². The molecule has 1 heterocycles. The Morgan fingerprint density at radius 1 is 1.37 bits per heavy atom. The largest absolute Gasteiger partial charge is 0.281 e. The number of nitrogens with one attached hydrogen (secondary N) is 2. The SMILES string of the molecule is Cc1n[nH]c(C)c1S(=O)(=O)Nc1cc(Br)ccc1Cl. The fourth-order valence-electron chi connectivity index (χ4n) is 1.71. The summed E-state index contributed by atoms with van der Waals surface area (Å²) in [5, 5.41) is 6.85. The van der Waals surface area contributed by atoms with Crippen molar-refractivity contribution in [2.45, 2.75) is 18.7 Å². The third-order valence-corrected chi connectivity index (χ3v) is 4.95. The number of nitrogens with zero attached hydrogens (tertiary/aromatic N) is 1. The number of aromatic amines is 1. The zero-order valence-corrected chi connectivity index (χ0v) is 13.3. The van der Waals surface area contributed by atoms with Gasteiger partial charge in [-0.15, -0.1) is 0 Å². The number of aromatic nitrogens is 2. The van der Waals surface area contributed by atoms with E-state index in [2.05, 4.69) is 30.8 Å². The molecule has 0 unspecified atom stereocenters. The van der Waals surface area contributed by atoms with Crippen molar-refractivity contribution in [2.24, 2.45) is 0 Å². The smallest absolute Gasteiger partial charge is 0.265 e. The van der Waals surface area contributed by atoms with Crippen LogP contribution >= 0.6 is 27.5 Å². The lowest BCUT2D eigenvalue weighted by Crippen LogP contribution is -2.14. The molecule has 0 fully saturated rings. The molecule has 0 spiro atoms. The van der Waals surface area contributed by atoms with Gasteiger partial charge in [-0.05, 0) is 32.0 Å². The molecule has 0 aliphatic heterocycles. The second kappa shape index (κ2) is 5.15. The third-order valence-electron chi connectivity index (χ3n) is 2.50. The molecule has 0 aliphatic rings. The van der Waals surface area contributed by atoms with Crippen LogP contribution in [0.25, 0.3) is 0 Å². The van der Waals surface area contributed by atoms with Gasteiger partial charge in [-0.2, -0.15) is 5.10 Å². The monoisotopic (exact) mass is 363 g/mol. The van der Waals surface area contributed by atoms with Crippen LogP contribution in [0.2, 0.25) is 5.02 Å². The normalized spacial score (nSPS) is 11.6. The Morgan fingerprint density at radius 3 is 2.63 bits per heavy atom. The van der Waals surface area contributed by atoms with E-state index in [0.29, 0.717) is 22.1 Å². The van der Waals surface area contributed by atoms with Gasteiger partial charge in [0, 0.05) is 4.47 Å². The third kappa shape index (κ3) is 2.93. The van der Waals surface area contributed by atoms with Crippen molar-refractivity contribution in [1.82, 2.24) is 10.2 Å². The maximum absolute atomic E-state index is 12.3. The minimum Gasteiger partial charge on any atom is -0.281 e. The lowest BCUT2D eigenvalue weighted by Gasteiger charge is -2.10. The second-order valence-electron chi connectivity index (χ2n) is 3.99. The highest BCUT2D eigenvalue weighted by molar-refractivity contribution is 9.10. The van der Waals surface area contributed by atoms with Gasteiger partial charge in [-0.25, -0.2) is 8.42 Å². The lowest BCUT2D eigenvalue weighted by atomic mass is 10.3. The molecule has 102 valence electrons. The standard InChI is InChI=1S/C11H11BrClN3O2S/c1-6-11(7(2)15-14-6)19(17,18)16-10-5-8(12)3-4-9(10)13/h3-5,16H,1-2H3,(H,14,15). The summed E-state index contributed by atoms with van der Waals surface area (Å²) in [5.41, 5.74) is 1.21. The molecule has 0 aliphatic carbocycles. The van der Waals surface area contributed by atoms with E-state index in [1.165, 1.54) is 0 Å². The van der Waals surface area contributed by atoms with Gasteiger partial charge >= 0.3 is 0 Å². The van der Waals surface area contributed by atoms with E-state index in [1.54, 1.807) is 32.0 Å². The summed E-state index contributed by atoms with van der Waals surface area (Å²) in [5.74, 6) is 0. The molecule has 19 heavy (non-hydrogen) atoms. The number of hydrogen-bond acceptors (Lipinski definition) is 3. The van der Waals surface area contributed by atoms with Crippen LogP contribution in [-0.2, 0) is 10.0 Å². The Kier molecular flexibility index (Phi) is 3.89. The molecule has 2 aromatic rings. The van der Waals surface area contributed by atoms with Crippen LogP contribution in [0.4, 0.5) is 5.69 Å². The number of H-pyrrole nitrogens is 1. The van der Waals surface area contributed by atoms with Crippen LogP contribution in [0.15, 0.2) is 27.6 Å². The number of sulfonamides is 1. The van der Waals surface area contributed by atoms with E-state index in [9.17, 15) is 8.42 Å². The van der Waals surface area contributed by atoms with Crippen molar-refractivity contribution in [3.63, 3.8) is 0 Å².